The van der Waals surface area contributed by atoms with Crippen molar-refractivity contribution < 1.29 is 4.74 Å². The van der Waals surface area contributed by atoms with Gasteiger partial charge < -0.3 is 10.1 Å². The minimum Gasteiger partial charge on any atom is -0.385 e. The Hall–Kier alpha value is -1.69. The summed E-state index contributed by atoms with van der Waals surface area (Å²) in [4.78, 5) is 0. The van der Waals surface area contributed by atoms with Gasteiger partial charge in [-0.05, 0) is 36.8 Å². The Morgan fingerprint density at radius 1 is 1.33 bits per heavy atom. The van der Waals surface area contributed by atoms with Crippen LogP contribution in [-0.4, -0.2) is 40.1 Å². The number of hydrogen-bond donors (Lipinski definition) is 1. The molecular weight excluding hydrogens is 266 g/mol. The number of aromatic nitrogens is 4. The minimum absolute atomic E-state index is 0.166. The van der Waals surface area contributed by atoms with Gasteiger partial charge in [-0.1, -0.05) is 13.8 Å². The van der Waals surface area contributed by atoms with Gasteiger partial charge >= 0.3 is 0 Å². The summed E-state index contributed by atoms with van der Waals surface area (Å²) >= 11 is 0. The van der Waals surface area contributed by atoms with E-state index in [9.17, 15) is 0 Å². The topological polar surface area (TPSA) is 64.3 Å². The normalized spacial score (nSPS) is 15.6. The maximum absolute atomic E-state index is 5.16. The van der Waals surface area contributed by atoms with Gasteiger partial charge in [0.05, 0.1) is 0 Å². The van der Waals surface area contributed by atoms with Gasteiger partial charge in [-0.2, -0.15) is 4.52 Å². The number of fused-ring (bicyclic) bond motifs is 1. The molecule has 1 saturated carbocycles. The highest BCUT2D eigenvalue weighted by atomic mass is 16.5. The van der Waals surface area contributed by atoms with E-state index in [0.29, 0.717) is 5.92 Å². The average molecular weight is 289 g/mol. The van der Waals surface area contributed by atoms with Crippen molar-refractivity contribution >= 4 is 11.5 Å². The molecule has 2 heterocycles. The standard InChI is InChI=1S/C15H23N5O/c1-15(2,8-9-21-3)10-16-12-6-7-13-17-18-14(11-4-5-11)20(13)19-12/h6-7,11H,4-5,8-10H2,1-3H3,(H,16,19). The summed E-state index contributed by atoms with van der Waals surface area (Å²) in [5.74, 6) is 2.41. The fourth-order valence-corrected chi connectivity index (χ4v) is 2.29. The molecule has 0 atom stereocenters. The highest BCUT2D eigenvalue weighted by Gasteiger charge is 2.29. The molecule has 0 saturated heterocycles. The van der Waals surface area contributed by atoms with Crippen LogP contribution in [0.1, 0.15) is 44.9 Å². The summed E-state index contributed by atoms with van der Waals surface area (Å²) in [6, 6.07) is 3.93. The van der Waals surface area contributed by atoms with E-state index in [-0.39, 0.29) is 5.41 Å². The van der Waals surface area contributed by atoms with Crippen LogP contribution in [0.4, 0.5) is 5.82 Å². The lowest BCUT2D eigenvalue weighted by Gasteiger charge is -2.24. The van der Waals surface area contributed by atoms with Crippen LogP contribution in [-0.2, 0) is 4.74 Å². The van der Waals surface area contributed by atoms with Gasteiger partial charge in [-0.25, -0.2) is 0 Å². The predicted molar refractivity (Wildman–Crippen MR) is 81.5 cm³/mol. The number of rotatable bonds is 7. The van der Waals surface area contributed by atoms with Crippen LogP contribution in [0.25, 0.3) is 5.65 Å². The SMILES string of the molecule is COCCC(C)(C)CNc1ccc2nnc(C3CC3)n2n1. The molecule has 6 nitrogen and oxygen atoms in total. The van der Waals surface area contributed by atoms with Crippen LogP contribution in [0.5, 0.6) is 0 Å². The van der Waals surface area contributed by atoms with Gasteiger partial charge in [-0.3, -0.25) is 0 Å². The summed E-state index contributed by atoms with van der Waals surface area (Å²) < 4.78 is 7.04. The fraction of sp³-hybridized carbons (Fsp3) is 0.667. The van der Waals surface area contributed by atoms with Gasteiger partial charge in [0.25, 0.3) is 0 Å². The van der Waals surface area contributed by atoms with Crippen LogP contribution >= 0.6 is 0 Å². The smallest absolute Gasteiger partial charge is 0.178 e. The van der Waals surface area contributed by atoms with Crippen molar-refractivity contribution in [2.45, 2.75) is 39.0 Å². The minimum atomic E-state index is 0.166. The first-order chi connectivity index (χ1) is 10.1. The largest absolute Gasteiger partial charge is 0.385 e. The summed E-state index contributed by atoms with van der Waals surface area (Å²) in [6.45, 7) is 6.09. The third kappa shape index (κ3) is 3.32. The van der Waals surface area contributed by atoms with Gasteiger partial charge in [0.1, 0.15) is 5.82 Å². The van der Waals surface area contributed by atoms with Crippen molar-refractivity contribution in [1.82, 2.24) is 19.8 Å². The second-order valence-electron chi connectivity index (χ2n) is 6.58. The number of nitrogens with zero attached hydrogens (tertiary/aromatic N) is 4. The van der Waals surface area contributed by atoms with Gasteiger partial charge in [0, 0.05) is 26.2 Å². The lowest BCUT2D eigenvalue weighted by atomic mass is 9.90. The van der Waals surface area contributed by atoms with Crippen molar-refractivity contribution in [3.8, 4) is 0 Å². The van der Waals surface area contributed by atoms with Crippen molar-refractivity contribution in [3.05, 3.63) is 18.0 Å². The molecule has 0 radical (unpaired) electrons. The molecule has 1 aliphatic carbocycles. The molecule has 2 aromatic rings. The lowest BCUT2D eigenvalue weighted by Crippen LogP contribution is -2.25. The van der Waals surface area contributed by atoms with Crippen molar-refractivity contribution in [1.29, 1.82) is 0 Å². The molecule has 0 amide bonds. The predicted octanol–water partition coefficient (Wildman–Crippen LogP) is 2.48. The molecule has 1 aliphatic rings. The number of anilines is 1. The molecule has 1 fully saturated rings. The van der Waals surface area contributed by atoms with E-state index < -0.39 is 0 Å². The Kier molecular flexibility index (Phi) is 3.80. The Morgan fingerprint density at radius 3 is 2.86 bits per heavy atom. The molecule has 0 spiro atoms. The fourth-order valence-electron chi connectivity index (χ4n) is 2.29. The molecule has 2 aromatic heterocycles. The highest BCUT2D eigenvalue weighted by molar-refractivity contribution is 5.44. The van der Waals surface area contributed by atoms with E-state index in [4.69, 9.17) is 4.74 Å². The molecule has 0 aliphatic heterocycles. The first-order valence-corrected chi connectivity index (χ1v) is 7.54. The van der Waals surface area contributed by atoms with E-state index >= 15 is 0 Å². The highest BCUT2D eigenvalue weighted by Crippen LogP contribution is 2.38. The summed E-state index contributed by atoms with van der Waals surface area (Å²) in [5.41, 5.74) is 0.986. The molecule has 21 heavy (non-hydrogen) atoms. The molecule has 6 heteroatoms. The number of methoxy groups -OCH3 is 1. The zero-order valence-corrected chi connectivity index (χ0v) is 13.0. The second kappa shape index (κ2) is 5.60. The molecule has 0 bridgehead atoms. The first kappa shape index (κ1) is 14.3. The average Bonchev–Trinajstić information content (AvgIpc) is 3.23. The lowest BCUT2D eigenvalue weighted by molar-refractivity contribution is 0.157. The maximum Gasteiger partial charge on any atom is 0.178 e. The number of hydrogen-bond acceptors (Lipinski definition) is 5. The van der Waals surface area contributed by atoms with Gasteiger partial charge in [-0.15, -0.1) is 15.3 Å². The summed E-state index contributed by atoms with van der Waals surface area (Å²) in [7, 11) is 1.74. The maximum atomic E-state index is 5.16. The van der Waals surface area contributed by atoms with Crippen LogP contribution in [0.3, 0.4) is 0 Å². The van der Waals surface area contributed by atoms with Crippen LogP contribution in [0.15, 0.2) is 12.1 Å². The molecular formula is C15H23N5O. The van der Waals surface area contributed by atoms with Crippen LogP contribution in [0, 0.1) is 5.41 Å². The second-order valence-corrected chi connectivity index (χ2v) is 6.58. The molecule has 3 rings (SSSR count). The monoisotopic (exact) mass is 289 g/mol. The van der Waals surface area contributed by atoms with Crippen molar-refractivity contribution in [2.75, 3.05) is 25.6 Å². The third-order valence-corrected chi connectivity index (χ3v) is 3.96. The van der Waals surface area contributed by atoms with Crippen LogP contribution < -0.4 is 5.32 Å². The Labute approximate surface area is 124 Å². The van der Waals surface area contributed by atoms with Crippen molar-refractivity contribution in [3.63, 3.8) is 0 Å². The van der Waals surface area contributed by atoms with E-state index in [1.54, 1.807) is 7.11 Å². The van der Waals surface area contributed by atoms with Gasteiger partial charge in [0.15, 0.2) is 11.5 Å². The van der Waals surface area contributed by atoms with E-state index in [1.807, 2.05) is 16.6 Å². The van der Waals surface area contributed by atoms with E-state index in [1.165, 1.54) is 12.8 Å². The first-order valence-electron chi connectivity index (χ1n) is 7.54. The Bertz CT molecular complexity index is 618. The number of nitrogens with one attached hydrogen (secondary N) is 1. The van der Waals surface area contributed by atoms with Crippen LogP contribution in [0.2, 0.25) is 0 Å². The molecule has 0 aromatic carbocycles. The summed E-state index contributed by atoms with van der Waals surface area (Å²) in [5, 5.41) is 16.5. The number of ether oxygens (including phenoxy) is 1. The zero-order valence-electron chi connectivity index (χ0n) is 13.0. The third-order valence-electron chi connectivity index (χ3n) is 3.96. The molecule has 1 N–H and O–H groups in total. The quantitative estimate of drug-likeness (QED) is 0.848. The summed E-state index contributed by atoms with van der Waals surface area (Å²) in [6.07, 6.45) is 3.41. The zero-order chi connectivity index (χ0) is 14.9. The Balaban J connectivity index is 1.70. The van der Waals surface area contributed by atoms with Crippen molar-refractivity contribution in [2.24, 2.45) is 5.41 Å². The van der Waals surface area contributed by atoms with E-state index in [0.717, 1.165) is 36.9 Å². The van der Waals surface area contributed by atoms with Gasteiger partial charge in [0.2, 0.25) is 0 Å². The molecule has 114 valence electrons. The Morgan fingerprint density at radius 2 is 2.14 bits per heavy atom. The molecule has 0 unspecified atom stereocenters. The van der Waals surface area contributed by atoms with E-state index in [2.05, 4.69) is 34.5 Å².